The zero-order chi connectivity index (χ0) is 21.0. The van der Waals surface area contributed by atoms with Crippen LogP contribution in [0.4, 0.5) is 27.6 Å². The van der Waals surface area contributed by atoms with E-state index in [2.05, 4.69) is 10.3 Å². The summed E-state index contributed by atoms with van der Waals surface area (Å²) in [4.78, 5) is 16.2. The fourth-order valence-corrected chi connectivity index (χ4v) is 2.46. The van der Waals surface area contributed by atoms with Gasteiger partial charge < -0.3 is 10.1 Å². The Morgan fingerprint density at radius 3 is 2.55 bits per heavy atom. The van der Waals surface area contributed by atoms with Gasteiger partial charge in [-0.3, -0.25) is 4.79 Å². The monoisotopic (exact) mass is 408 g/mol. The van der Waals surface area contributed by atoms with Crippen molar-refractivity contribution in [1.29, 1.82) is 0 Å². The second-order valence-corrected chi connectivity index (χ2v) is 5.94. The van der Waals surface area contributed by atoms with Gasteiger partial charge in [0.05, 0.1) is 17.7 Å². The second kappa shape index (κ2) is 8.26. The molecule has 0 aliphatic rings. The lowest BCUT2D eigenvalue weighted by molar-refractivity contribution is -0.137. The first-order chi connectivity index (χ1) is 13.7. The average Bonchev–Trinajstić information content (AvgIpc) is 2.65. The summed E-state index contributed by atoms with van der Waals surface area (Å²) in [5.74, 6) is -2.54. The van der Waals surface area contributed by atoms with E-state index in [0.717, 1.165) is 24.3 Å². The Labute approximate surface area is 162 Å². The number of benzene rings is 2. The lowest BCUT2D eigenvalue weighted by Crippen LogP contribution is -2.16. The Bertz CT molecular complexity index is 1040. The maximum atomic E-state index is 13.7. The summed E-state index contributed by atoms with van der Waals surface area (Å²) < 4.78 is 70.6. The number of carbonyl (C=O) groups is 1. The molecule has 1 aromatic heterocycles. The van der Waals surface area contributed by atoms with Gasteiger partial charge in [-0.05, 0) is 36.4 Å². The summed E-state index contributed by atoms with van der Waals surface area (Å²) in [6, 6.07) is 9.92. The smallest absolute Gasteiger partial charge is 0.416 e. The van der Waals surface area contributed by atoms with Gasteiger partial charge in [0.2, 0.25) is 11.8 Å². The van der Waals surface area contributed by atoms with Crippen molar-refractivity contribution in [2.24, 2.45) is 0 Å². The number of halogens is 5. The van der Waals surface area contributed by atoms with Crippen LogP contribution in [0.5, 0.6) is 11.6 Å². The molecule has 0 aliphatic carbocycles. The van der Waals surface area contributed by atoms with E-state index in [1.54, 1.807) is 0 Å². The number of carbonyl (C=O) groups excluding carboxylic acids is 1. The number of alkyl halides is 3. The predicted octanol–water partition coefficient (Wildman–Crippen LogP) is 5.35. The largest absolute Gasteiger partial charge is 0.439 e. The molecule has 3 aromatic rings. The molecule has 0 unspecified atom stereocenters. The first-order valence-electron chi connectivity index (χ1n) is 8.26. The second-order valence-electron chi connectivity index (χ2n) is 5.94. The predicted molar refractivity (Wildman–Crippen MR) is 94.4 cm³/mol. The van der Waals surface area contributed by atoms with Gasteiger partial charge in [0.25, 0.3) is 0 Å². The molecular formula is C20H13F5N2O2. The first kappa shape index (κ1) is 20.2. The van der Waals surface area contributed by atoms with E-state index in [9.17, 15) is 26.7 Å². The van der Waals surface area contributed by atoms with Crippen LogP contribution in [0.2, 0.25) is 0 Å². The van der Waals surface area contributed by atoms with Gasteiger partial charge in [-0.2, -0.15) is 13.2 Å². The molecule has 0 atom stereocenters. The molecule has 4 nitrogen and oxygen atoms in total. The van der Waals surface area contributed by atoms with Crippen LogP contribution < -0.4 is 10.1 Å². The van der Waals surface area contributed by atoms with Crippen molar-refractivity contribution in [2.45, 2.75) is 12.6 Å². The molecule has 150 valence electrons. The van der Waals surface area contributed by atoms with E-state index < -0.39 is 29.3 Å². The Kier molecular flexibility index (Phi) is 5.76. The van der Waals surface area contributed by atoms with E-state index in [-0.39, 0.29) is 29.3 Å². The molecule has 0 aliphatic heterocycles. The van der Waals surface area contributed by atoms with Crippen LogP contribution >= 0.6 is 0 Å². The Morgan fingerprint density at radius 2 is 1.83 bits per heavy atom. The van der Waals surface area contributed by atoms with Crippen LogP contribution in [0, 0.1) is 11.6 Å². The fraction of sp³-hybridized carbons (Fsp3) is 0.100. The molecule has 0 fully saturated rings. The summed E-state index contributed by atoms with van der Waals surface area (Å²) in [6.07, 6.45) is -3.48. The highest BCUT2D eigenvalue weighted by molar-refractivity contribution is 5.92. The van der Waals surface area contributed by atoms with Crippen LogP contribution in [0.1, 0.15) is 11.1 Å². The lowest BCUT2D eigenvalue weighted by atomic mass is 10.1. The van der Waals surface area contributed by atoms with Crippen molar-refractivity contribution in [3.05, 3.63) is 83.6 Å². The quantitative estimate of drug-likeness (QED) is 0.579. The maximum absolute atomic E-state index is 13.7. The third-order valence-corrected chi connectivity index (χ3v) is 3.78. The van der Waals surface area contributed by atoms with Crippen LogP contribution in [0.3, 0.4) is 0 Å². The Balaban J connectivity index is 1.76. The number of pyridine rings is 1. The van der Waals surface area contributed by atoms with E-state index >= 15 is 0 Å². The number of anilines is 1. The number of amides is 1. The first-order valence-corrected chi connectivity index (χ1v) is 8.26. The highest BCUT2D eigenvalue weighted by atomic mass is 19.4. The summed E-state index contributed by atoms with van der Waals surface area (Å²) >= 11 is 0. The van der Waals surface area contributed by atoms with E-state index in [0.29, 0.717) is 6.07 Å². The maximum Gasteiger partial charge on any atom is 0.416 e. The van der Waals surface area contributed by atoms with Crippen LogP contribution in [0.25, 0.3) is 0 Å². The van der Waals surface area contributed by atoms with Gasteiger partial charge in [-0.1, -0.05) is 12.1 Å². The molecule has 0 saturated heterocycles. The van der Waals surface area contributed by atoms with Crippen molar-refractivity contribution in [3.8, 4) is 11.6 Å². The molecule has 0 saturated carbocycles. The lowest BCUT2D eigenvalue weighted by Gasteiger charge is -2.12. The summed E-state index contributed by atoms with van der Waals surface area (Å²) in [5.41, 5.74) is -0.831. The number of ether oxygens (including phenoxy) is 1. The fourth-order valence-electron chi connectivity index (χ4n) is 2.46. The van der Waals surface area contributed by atoms with Gasteiger partial charge >= 0.3 is 6.18 Å². The van der Waals surface area contributed by atoms with Gasteiger partial charge in [0.1, 0.15) is 17.4 Å². The number of rotatable bonds is 5. The zero-order valence-electron chi connectivity index (χ0n) is 14.6. The van der Waals surface area contributed by atoms with E-state index in [4.69, 9.17) is 4.74 Å². The highest BCUT2D eigenvalue weighted by Gasteiger charge is 2.30. The van der Waals surface area contributed by atoms with E-state index in [1.165, 1.54) is 30.5 Å². The van der Waals surface area contributed by atoms with Crippen LogP contribution in [0.15, 0.2) is 60.8 Å². The minimum absolute atomic E-state index is 0.0680. The van der Waals surface area contributed by atoms with Crippen LogP contribution in [-0.4, -0.2) is 10.9 Å². The molecule has 1 N–H and O–H groups in total. The van der Waals surface area contributed by atoms with Crippen molar-refractivity contribution in [2.75, 3.05) is 5.32 Å². The summed E-state index contributed by atoms with van der Waals surface area (Å²) in [7, 11) is 0. The van der Waals surface area contributed by atoms with Gasteiger partial charge in [-0.15, -0.1) is 0 Å². The van der Waals surface area contributed by atoms with Crippen molar-refractivity contribution in [3.63, 3.8) is 0 Å². The average molecular weight is 408 g/mol. The highest BCUT2D eigenvalue weighted by Crippen LogP contribution is 2.33. The zero-order valence-corrected chi connectivity index (χ0v) is 14.6. The summed E-state index contributed by atoms with van der Waals surface area (Å²) in [5, 5.41) is 2.29. The number of nitrogens with one attached hydrogen (secondary N) is 1. The Hall–Kier alpha value is -3.49. The third kappa shape index (κ3) is 5.28. The van der Waals surface area contributed by atoms with Crippen molar-refractivity contribution in [1.82, 2.24) is 4.98 Å². The molecule has 29 heavy (non-hydrogen) atoms. The molecule has 0 bridgehead atoms. The van der Waals surface area contributed by atoms with Crippen LogP contribution in [-0.2, 0) is 17.4 Å². The standard InChI is InChI=1S/C20H13F5N2O2/c21-14-6-7-17(16(22)11-14)27-18(28)9-12-3-2-8-26-19(12)29-15-5-1-4-13(10-15)20(23,24)25/h1-8,10-11H,9H2,(H,27,28). The number of aromatic nitrogens is 1. The molecule has 0 spiro atoms. The topological polar surface area (TPSA) is 51.2 Å². The minimum Gasteiger partial charge on any atom is -0.439 e. The minimum atomic E-state index is -4.54. The molecule has 2 aromatic carbocycles. The number of hydrogen-bond acceptors (Lipinski definition) is 3. The van der Waals surface area contributed by atoms with Crippen molar-refractivity contribution >= 4 is 11.6 Å². The summed E-state index contributed by atoms with van der Waals surface area (Å²) in [6.45, 7) is 0. The van der Waals surface area contributed by atoms with Gasteiger partial charge in [0, 0.05) is 17.8 Å². The van der Waals surface area contributed by atoms with E-state index in [1.807, 2.05) is 0 Å². The molecule has 1 heterocycles. The Morgan fingerprint density at radius 1 is 1.03 bits per heavy atom. The van der Waals surface area contributed by atoms with Gasteiger partial charge in [-0.25, -0.2) is 13.8 Å². The van der Waals surface area contributed by atoms with Gasteiger partial charge in [0.15, 0.2) is 0 Å². The van der Waals surface area contributed by atoms with Crippen molar-refractivity contribution < 1.29 is 31.5 Å². The molecule has 0 radical (unpaired) electrons. The molecular weight excluding hydrogens is 395 g/mol. The molecule has 3 rings (SSSR count). The molecule has 1 amide bonds. The molecule has 9 heteroatoms. The number of nitrogens with zero attached hydrogens (tertiary/aromatic N) is 1. The normalized spacial score (nSPS) is 11.2. The third-order valence-electron chi connectivity index (χ3n) is 3.78. The number of hydrogen-bond donors (Lipinski definition) is 1. The SMILES string of the molecule is O=C(Cc1cccnc1Oc1cccc(C(F)(F)F)c1)Nc1ccc(F)cc1F.